The fourth-order valence-electron chi connectivity index (χ4n) is 2.68. The number of nitrogens with one attached hydrogen (secondary N) is 1. The number of ether oxygens (including phenoxy) is 3. The van der Waals surface area contributed by atoms with E-state index in [1.165, 1.54) is 12.0 Å². The Labute approximate surface area is 156 Å². The van der Waals surface area contributed by atoms with Gasteiger partial charge >= 0.3 is 12.1 Å². The molecule has 0 unspecified atom stereocenters. The maximum Gasteiger partial charge on any atom is 0.413 e. The topological polar surface area (TPSA) is 111 Å². The van der Waals surface area contributed by atoms with Crippen LogP contribution in [0.5, 0.6) is 5.75 Å². The monoisotopic (exact) mass is 378 g/mol. The molecule has 0 spiro atoms. The van der Waals surface area contributed by atoms with Gasteiger partial charge in [-0.15, -0.1) is 0 Å². The molecule has 1 aromatic rings. The van der Waals surface area contributed by atoms with Gasteiger partial charge in [0, 0.05) is 13.0 Å². The number of hydrogen-bond donors (Lipinski definition) is 1. The van der Waals surface area contributed by atoms with Gasteiger partial charge in [0.2, 0.25) is 5.91 Å². The number of nitrogens with zero attached hydrogens (tertiary/aromatic N) is 1. The third-order valence-electron chi connectivity index (χ3n) is 3.95. The van der Waals surface area contributed by atoms with Crippen LogP contribution in [0, 0.1) is 12.8 Å². The van der Waals surface area contributed by atoms with E-state index in [0.717, 1.165) is 5.56 Å². The predicted octanol–water partition coefficient (Wildman–Crippen LogP) is 1.17. The van der Waals surface area contributed by atoms with Crippen molar-refractivity contribution in [3.63, 3.8) is 0 Å². The Morgan fingerprint density at radius 3 is 2.67 bits per heavy atom. The van der Waals surface area contributed by atoms with Crippen molar-refractivity contribution in [2.24, 2.45) is 5.92 Å². The summed E-state index contributed by atoms with van der Waals surface area (Å²) in [5, 5.41) is 1.92. The first kappa shape index (κ1) is 20.2. The van der Waals surface area contributed by atoms with E-state index in [4.69, 9.17) is 9.47 Å². The van der Waals surface area contributed by atoms with Gasteiger partial charge in [-0.05, 0) is 31.5 Å². The SMILES string of the molecule is CCOC(=O)NC(=O)COC(=O)[C@H]1CC(=O)N(c2cc(C)ccc2OC)C1. The van der Waals surface area contributed by atoms with Gasteiger partial charge in [0.25, 0.3) is 5.91 Å². The van der Waals surface area contributed by atoms with Gasteiger partial charge in [0.1, 0.15) is 5.75 Å². The number of aryl methyl sites for hydroxylation is 1. The molecular weight excluding hydrogens is 356 g/mol. The first-order chi connectivity index (χ1) is 12.8. The van der Waals surface area contributed by atoms with Crippen molar-refractivity contribution in [2.75, 3.05) is 31.8 Å². The van der Waals surface area contributed by atoms with Gasteiger partial charge in [-0.3, -0.25) is 19.7 Å². The number of anilines is 1. The summed E-state index contributed by atoms with van der Waals surface area (Å²) in [6.07, 6.45) is -0.942. The number of rotatable bonds is 6. The summed E-state index contributed by atoms with van der Waals surface area (Å²) in [6.45, 7) is 3.09. The normalized spacial score (nSPS) is 16.0. The van der Waals surface area contributed by atoms with Crippen LogP contribution in [0.2, 0.25) is 0 Å². The van der Waals surface area contributed by atoms with E-state index in [9.17, 15) is 19.2 Å². The van der Waals surface area contributed by atoms with Crippen LogP contribution >= 0.6 is 0 Å². The highest BCUT2D eigenvalue weighted by Gasteiger charge is 2.37. The number of carbonyl (C=O) groups is 4. The van der Waals surface area contributed by atoms with Gasteiger partial charge in [0.05, 0.1) is 25.3 Å². The molecule has 0 bridgehead atoms. The largest absolute Gasteiger partial charge is 0.495 e. The summed E-state index contributed by atoms with van der Waals surface area (Å²) in [4.78, 5) is 48.7. The van der Waals surface area contributed by atoms with Crippen molar-refractivity contribution >= 4 is 29.6 Å². The Kier molecular flexibility index (Phi) is 6.75. The molecule has 9 nitrogen and oxygen atoms in total. The number of esters is 1. The van der Waals surface area contributed by atoms with Crippen LogP contribution < -0.4 is 15.0 Å². The lowest BCUT2D eigenvalue weighted by atomic mass is 10.1. The van der Waals surface area contributed by atoms with Crippen LogP contribution in [0.1, 0.15) is 18.9 Å². The first-order valence-electron chi connectivity index (χ1n) is 8.44. The summed E-state index contributed by atoms with van der Waals surface area (Å²) in [5.74, 6) is -1.91. The maximum atomic E-state index is 12.3. The fraction of sp³-hybridized carbons (Fsp3) is 0.444. The zero-order valence-corrected chi connectivity index (χ0v) is 15.4. The second kappa shape index (κ2) is 9.02. The summed E-state index contributed by atoms with van der Waals surface area (Å²) < 4.78 is 14.7. The van der Waals surface area contributed by atoms with E-state index in [1.807, 2.05) is 18.3 Å². The zero-order valence-electron chi connectivity index (χ0n) is 15.4. The van der Waals surface area contributed by atoms with E-state index < -0.39 is 30.5 Å². The lowest BCUT2D eigenvalue weighted by molar-refractivity contribution is -0.152. The molecule has 1 fully saturated rings. The Bertz CT molecular complexity index is 747. The summed E-state index contributed by atoms with van der Waals surface area (Å²) >= 11 is 0. The standard InChI is InChI=1S/C18H22N2O7/c1-4-26-18(24)19-15(21)10-27-17(23)12-8-16(22)20(9-12)13-7-11(2)5-6-14(13)25-3/h5-7,12H,4,8-10H2,1-3H3,(H,19,21,24)/t12-/m0/s1. The molecule has 1 aliphatic rings. The lowest BCUT2D eigenvalue weighted by Crippen LogP contribution is -2.35. The van der Waals surface area contributed by atoms with Crippen molar-refractivity contribution in [1.82, 2.24) is 5.32 Å². The van der Waals surface area contributed by atoms with Crippen LogP contribution in [-0.4, -0.2) is 50.7 Å². The van der Waals surface area contributed by atoms with E-state index >= 15 is 0 Å². The number of methoxy groups -OCH3 is 1. The van der Waals surface area contributed by atoms with Crippen LogP contribution in [0.4, 0.5) is 10.5 Å². The number of imide groups is 1. The van der Waals surface area contributed by atoms with E-state index in [-0.39, 0.29) is 25.5 Å². The number of hydrogen-bond acceptors (Lipinski definition) is 7. The fourth-order valence-corrected chi connectivity index (χ4v) is 2.68. The molecule has 2 rings (SSSR count). The van der Waals surface area contributed by atoms with Crippen LogP contribution in [-0.2, 0) is 23.9 Å². The number of carbonyl (C=O) groups excluding carboxylic acids is 4. The summed E-state index contributed by atoms with van der Waals surface area (Å²) in [5.41, 5.74) is 1.53. The molecule has 0 aromatic heterocycles. The summed E-state index contributed by atoms with van der Waals surface area (Å²) in [7, 11) is 1.50. The Balaban J connectivity index is 1.95. The van der Waals surface area contributed by atoms with E-state index in [1.54, 1.807) is 19.1 Å². The molecule has 27 heavy (non-hydrogen) atoms. The van der Waals surface area contributed by atoms with Crippen LogP contribution in [0.15, 0.2) is 18.2 Å². The second-order valence-electron chi connectivity index (χ2n) is 5.96. The third-order valence-corrected chi connectivity index (χ3v) is 3.95. The molecule has 1 atom stereocenters. The average Bonchev–Trinajstić information content (AvgIpc) is 3.01. The molecule has 1 aromatic carbocycles. The minimum atomic E-state index is -0.910. The highest BCUT2D eigenvalue weighted by molar-refractivity contribution is 6.01. The first-order valence-corrected chi connectivity index (χ1v) is 8.44. The van der Waals surface area contributed by atoms with Crippen molar-refractivity contribution in [3.05, 3.63) is 23.8 Å². The average molecular weight is 378 g/mol. The molecule has 1 N–H and O–H groups in total. The maximum absolute atomic E-state index is 12.3. The quantitative estimate of drug-likeness (QED) is 0.740. The molecule has 3 amide bonds. The van der Waals surface area contributed by atoms with Crippen molar-refractivity contribution in [3.8, 4) is 5.75 Å². The smallest absolute Gasteiger partial charge is 0.413 e. The lowest BCUT2D eigenvalue weighted by Gasteiger charge is -2.20. The number of amides is 3. The van der Waals surface area contributed by atoms with Gasteiger partial charge in [-0.25, -0.2) is 4.79 Å². The third kappa shape index (κ3) is 5.19. The molecule has 146 valence electrons. The minimum Gasteiger partial charge on any atom is -0.495 e. The molecule has 1 saturated heterocycles. The van der Waals surface area contributed by atoms with Crippen molar-refractivity contribution in [1.29, 1.82) is 0 Å². The number of benzene rings is 1. The minimum absolute atomic E-state index is 0.0323. The molecule has 1 aliphatic heterocycles. The second-order valence-corrected chi connectivity index (χ2v) is 5.96. The summed E-state index contributed by atoms with van der Waals surface area (Å²) in [6, 6.07) is 5.41. The van der Waals surface area contributed by atoms with Crippen LogP contribution in [0.25, 0.3) is 0 Å². The van der Waals surface area contributed by atoms with E-state index in [0.29, 0.717) is 11.4 Å². The van der Waals surface area contributed by atoms with Gasteiger partial charge in [0.15, 0.2) is 6.61 Å². The Morgan fingerprint density at radius 2 is 2.00 bits per heavy atom. The molecular formula is C18H22N2O7. The zero-order chi connectivity index (χ0) is 20.0. The molecule has 0 aliphatic carbocycles. The molecule has 1 heterocycles. The highest BCUT2D eigenvalue weighted by atomic mass is 16.6. The highest BCUT2D eigenvalue weighted by Crippen LogP contribution is 2.34. The van der Waals surface area contributed by atoms with Crippen molar-refractivity contribution in [2.45, 2.75) is 20.3 Å². The van der Waals surface area contributed by atoms with Gasteiger partial charge in [-0.1, -0.05) is 6.07 Å². The molecule has 0 radical (unpaired) electrons. The van der Waals surface area contributed by atoms with Gasteiger partial charge < -0.3 is 19.1 Å². The van der Waals surface area contributed by atoms with Crippen molar-refractivity contribution < 1.29 is 33.4 Å². The molecule has 9 heteroatoms. The Morgan fingerprint density at radius 1 is 1.26 bits per heavy atom. The molecule has 0 saturated carbocycles. The van der Waals surface area contributed by atoms with Crippen LogP contribution in [0.3, 0.4) is 0 Å². The van der Waals surface area contributed by atoms with Gasteiger partial charge in [-0.2, -0.15) is 0 Å². The number of alkyl carbamates (subject to hydrolysis) is 1. The predicted molar refractivity (Wildman–Crippen MR) is 94.3 cm³/mol. The van der Waals surface area contributed by atoms with E-state index in [2.05, 4.69) is 4.74 Å². The Hall–Kier alpha value is -3.10.